The first-order chi connectivity index (χ1) is 30.9. The van der Waals surface area contributed by atoms with E-state index in [1.165, 1.54) is 6.92 Å². The molecule has 0 amide bonds. The van der Waals surface area contributed by atoms with E-state index in [1.54, 1.807) is 38.1 Å². The summed E-state index contributed by atoms with van der Waals surface area (Å²) in [4.78, 5) is 51.3. The van der Waals surface area contributed by atoms with Gasteiger partial charge in [0.05, 0.1) is 52.9 Å². The molecule has 1 N–H and O–H groups in total. The molecule has 0 spiro atoms. The van der Waals surface area contributed by atoms with Crippen molar-refractivity contribution in [2.24, 2.45) is 0 Å². The normalized spacial score (nSPS) is 16.7. The monoisotopic (exact) mass is 999 g/mol. The summed E-state index contributed by atoms with van der Waals surface area (Å²) in [6.45, 7) is 15.8. The first-order valence-electron chi connectivity index (χ1n) is 20.2. The van der Waals surface area contributed by atoms with E-state index >= 15 is 0 Å². The van der Waals surface area contributed by atoms with Crippen LogP contribution in [0, 0.1) is 11.3 Å². The molecule has 0 bridgehead atoms. The summed E-state index contributed by atoms with van der Waals surface area (Å²) in [5.41, 5.74) is -1.09. The molecule has 4 fully saturated rings. The van der Waals surface area contributed by atoms with Gasteiger partial charge in [0.15, 0.2) is 17.4 Å². The molecule has 352 valence electrons. The Labute approximate surface area is 396 Å². The number of carbonyl (C=O) groups is 1. The highest BCUT2D eigenvalue weighted by Crippen LogP contribution is 2.24. The van der Waals surface area contributed by atoms with Crippen LogP contribution in [0.4, 0.5) is 23.3 Å². The number of aromatic nitrogens is 8. The SMILES string of the molecule is CC(=O)c1nc(Cl)cc(N2CCOCC2)n1.CC(C)(O)c1nc(Cl)cc(N2CCOCC2)n1.CS(=O)(=O)c1nc(Cl)cc(N2CCOCC2)n1.N#Cc1nc(Cl)cc(N2CCOCC2)n1. The summed E-state index contributed by atoms with van der Waals surface area (Å²) >= 11 is 23.4. The van der Waals surface area contributed by atoms with E-state index in [9.17, 15) is 18.3 Å². The fraction of sp³-hybridized carbons (Fsp3) is 0.538. The molecule has 4 aliphatic heterocycles. The minimum atomic E-state index is -3.45. The van der Waals surface area contributed by atoms with Gasteiger partial charge in [0.1, 0.15) is 55.6 Å². The Bertz CT molecular complexity index is 2370. The minimum absolute atomic E-state index is 0.101. The van der Waals surface area contributed by atoms with Crippen LogP contribution in [0.15, 0.2) is 29.4 Å². The van der Waals surface area contributed by atoms with Crippen molar-refractivity contribution < 1.29 is 37.3 Å². The number of nitriles is 1. The first kappa shape index (κ1) is 51.6. The Hall–Kier alpha value is -4.41. The van der Waals surface area contributed by atoms with E-state index in [-0.39, 0.29) is 27.7 Å². The van der Waals surface area contributed by atoms with Crippen LogP contribution in [0.5, 0.6) is 0 Å². The van der Waals surface area contributed by atoms with Gasteiger partial charge in [-0.1, -0.05) is 46.4 Å². The molecule has 8 heterocycles. The van der Waals surface area contributed by atoms with Crippen LogP contribution in [-0.4, -0.2) is 171 Å². The van der Waals surface area contributed by atoms with Gasteiger partial charge in [-0.2, -0.15) is 5.26 Å². The van der Waals surface area contributed by atoms with Gasteiger partial charge in [-0.05, 0) is 13.8 Å². The smallest absolute Gasteiger partial charge is 0.250 e. The molecular weight excluding hydrogens is 952 g/mol. The first-order valence-corrected chi connectivity index (χ1v) is 23.6. The Balaban J connectivity index is 0.000000163. The number of carbonyl (C=O) groups excluding carboxylic acids is 1. The standard InChI is InChI=1S/C11H16ClN3O2.C10H12ClN3O2.C9H9ClN4O.C9H12ClN3O3S/c1-11(2,16)10-13-8(12)7-9(14-10)15-3-5-17-6-4-15;1-7(15)10-12-8(11)6-9(13-10)14-2-4-16-5-3-14;10-7-5-9(13-8(6-11)12-7)14-1-3-15-4-2-14;1-17(14,15)9-11-7(10)6-8(12-9)13-2-4-16-5-3-13/h7,16H,3-6H2,1-2H3;6H,2-5H2,1H3;5H,1-4H2;6H,2-5H2,1H3. The van der Waals surface area contributed by atoms with Crippen molar-refractivity contribution in [1.82, 2.24) is 39.9 Å². The quantitative estimate of drug-likeness (QED) is 0.158. The Morgan fingerprint density at radius 3 is 1.34 bits per heavy atom. The van der Waals surface area contributed by atoms with Crippen LogP contribution in [-0.2, 0) is 34.4 Å². The zero-order valence-corrected chi connectivity index (χ0v) is 40.0. The number of aliphatic hydroxyl groups is 1. The van der Waals surface area contributed by atoms with Crippen molar-refractivity contribution >= 4 is 85.3 Å². The fourth-order valence-electron chi connectivity index (χ4n) is 6.07. The predicted octanol–water partition coefficient (Wildman–Crippen LogP) is 3.57. The Morgan fingerprint density at radius 1 is 0.600 bits per heavy atom. The third-order valence-electron chi connectivity index (χ3n) is 9.34. The van der Waals surface area contributed by atoms with Crippen LogP contribution in [0.1, 0.15) is 43.0 Å². The maximum absolute atomic E-state index is 11.4. The van der Waals surface area contributed by atoms with Crippen molar-refractivity contribution in [1.29, 1.82) is 5.26 Å². The van der Waals surface area contributed by atoms with E-state index < -0.39 is 15.4 Å². The van der Waals surface area contributed by atoms with Crippen LogP contribution < -0.4 is 19.6 Å². The minimum Gasteiger partial charge on any atom is -0.382 e. The van der Waals surface area contributed by atoms with Gasteiger partial charge in [-0.3, -0.25) is 4.79 Å². The lowest BCUT2D eigenvalue weighted by atomic mass is 10.1. The van der Waals surface area contributed by atoms with Crippen molar-refractivity contribution in [2.45, 2.75) is 31.5 Å². The fourth-order valence-corrected chi connectivity index (χ4v) is 7.35. The lowest BCUT2D eigenvalue weighted by Crippen LogP contribution is -2.37. The highest BCUT2D eigenvalue weighted by molar-refractivity contribution is 7.90. The van der Waals surface area contributed by atoms with E-state index in [0.29, 0.717) is 105 Å². The number of halogens is 4. The topological polar surface area (TPSA) is 248 Å². The van der Waals surface area contributed by atoms with Gasteiger partial charge in [0.25, 0.3) is 0 Å². The van der Waals surface area contributed by atoms with Gasteiger partial charge in [-0.25, -0.2) is 48.3 Å². The number of rotatable bonds is 7. The number of Topliss-reactive ketones (excluding diaryl/α,β-unsaturated/α-hetero) is 1. The maximum atomic E-state index is 11.4. The van der Waals surface area contributed by atoms with Gasteiger partial charge in [-0.15, -0.1) is 0 Å². The third-order valence-corrected chi connectivity index (χ3v) is 11.0. The number of morpholine rings is 4. The van der Waals surface area contributed by atoms with Crippen LogP contribution in [0.25, 0.3) is 0 Å². The zero-order valence-electron chi connectivity index (χ0n) is 36.2. The number of anilines is 4. The van der Waals surface area contributed by atoms with Gasteiger partial charge in [0.2, 0.25) is 20.8 Å². The lowest BCUT2D eigenvalue weighted by Gasteiger charge is -2.28. The molecule has 0 aromatic carbocycles. The molecule has 4 aromatic rings. The van der Waals surface area contributed by atoms with Gasteiger partial charge < -0.3 is 43.7 Å². The molecule has 0 saturated carbocycles. The average Bonchev–Trinajstić information content (AvgIpc) is 3.29. The molecule has 0 unspecified atom stereocenters. The molecule has 65 heavy (non-hydrogen) atoms. The molecule has 0 aliphatic carbocycles. The van der Waals surface area contributed by atoms with Crippen molar-refractivity contribution in [3.8, 4) is 6.07 Å². The summed E-state index contributed by atoms with van der Waals surface area (Å²) < 4.78 is 43.7. The van der Waals surface area contributed by atoms with Crippen LogP contribution >= 0.6 is 46.4 Å². The number of sulfone groups is 1. The number of ketones is 1. The number of nitrogens with zero attached hydrogens (tertiary/aromatic N) is 13. The van der Waals surface area contributed by atoms with Gasteiger partial charge >= 0.3 is 0 Å². The summed E-state index contributed by atoms with van der Waals surface area (Å²) in [6, 6.07) is 8.48. The molecular formula is C39H49Cl4N13O8S. The van der Waals surface area contributed by atoms with E-state index in [0.717, 1.165) is 51.3 Å². The number of hydrogen-bond acceptors (Lipinski definition) is 21. The van der Waals surface area contributed by atoms with Crippen molar-refractivity contribution in [3.05, 3.63) is 62.4 Å². The highest BCUT2D eigenvalue weighted by Gasteiger charge is 2.24. The van der Waals surface area contributed by atoms with E-state index in [1.807, 2.05) is 20.8 Å². The zero-order chi connectivity index (χ0) is 47.1. The van der Waals surface area contributed by atoms with Gasteiger partial charge in [0, 0.05) is 89.8 Å². The summed E-state index contributed by atoms with van der Waals surface area (Å²) in [5.74, 6) is 3.06. The summed E-state index contributed by atoms with van der Waals surface area (Å²) in [6.07, 6.45) is 1.06. The largest absolute Gasteiger partial charge is 0.382 e. The number of ether oxygens (including phenoxy) is 4. The van der Waals surface area contributed by atoms with Crippen LogP contribution in [0.2, 0.25) is 20.6 Å². The Morgan fingerprint density at radius 2 is 0.954 bits per heavy atom. The molecule has 4 aliphatic rings. The molecule has 21 nitrogen and oxygen atoms in total. The average molecular weight is 1000 g/mol. The van der Waals surface area contributed by atoms with Crippen LogP contribution in [0.3, 0.4) is 0 Å². The van der Waals surface area contributed by atoms with Crippen molar-refractivity contribution in [2.75, 3.05) is 131 Å². The summed E-state index contributed by atoms with van der Waals surface area (Å²) in [7, 11) is -3.45. The molecule has 4 aromatic heterocycles. The summed E-state index contributed by atoms with van der Waals surface area (Å²) in [5, 5.41) is 19.4. The lowest BCUT2D eigenvalue weighted by molar-refractivity contribution is 0.0686. The maximum Gasteiger partial charge on any atom is 0.250 e. The Kier molecular flexibility index (Phi) is 19.3. The van der Waals surface area contributed by atoms with Crippen molar-refractivity contribution in [3.63, 3.8) is 0 Å². The molecule has 26 heteroatoms. The number of hydrogen-bond donors (Lipinski definition) is 1. The molecule has 8 rings (SSSR count). The second kappa shape index (κ2) is 24.4. The third kappa shape index (κ3) is 16.5. The van der Waals surface area contributed by atoms with E-state index in [4.69, 9.17) is 70.6 Å². The second-order valence-electron chi connectivity index (χ2n) is 14.8. The highest BCUT2D eigenvalue weighted by atomic mass is 35.5. The predicted molar refractivity (Wildman–Crippen MR) is 243 cm³/mol. The second-order valence-corrected chi connectivity index (χ2v) is 18.3. The molecule has 0 atom stereocenters. The van der Waals surface area contributed by atoms with E-state index in [2.05, 4.69) is 44.8 Å². The molecule has 4 saturated heterocycles. The molecule has 0 radical (unpaired) electrons.